The molecule has 4 aromatic rings. The molecule has 12 heteroatoms. The molecule has 0 aliphatic heterocycles. The van der Waals surface area contributed by atoms with E-state index in [9.17, 15) is 18.0 Å². The van der Waals surface area contributed by atoms with E-state index >= 15 is 0 Å². The molecule has 1 unspecified atom stereocenters. The van der Waals surface area contributed by atoms with Crippen molar-refractivity contribution < 1.29 is 27.5 Å². The van der Waals surface area contributed by atoms with Gasteiger partial charge < -0.3 is 19.7 Å². The van der Waals surface area contributed by atoms with E-state index in [-0.39, 0.29) is 41.2 Å². The zero-order valence-corrected chi connectivity index (χ0v) is 29.7. The Hall–Kier alpha value is -4.25. The highest BCUT2D eigenvalue weighted by atomic mass is 35.5. The van der Waals surface area contributed by atoms with Crippen LogP contribution >= 0.6 is 23.2 Å². The van der Waals surface area contributed by atoms with Crippen LogP contribution in [0.2, 0.25) is 10.0 Å². The Kier molecular flexibility index (Phi) is 12.1. The predicted octanol–water partition coefficient (Wildman–Crippen LogP) is 6.90. The molecule has 1 N–H and O–H groups in total. The Bertz CT molecular complexity index is 1850. The summed E-state index contributed by atoms with van der Waals surface area (Å²) < 4.78 is 40.8. The Balaban J connectivity index is 1.62. The summed E-state index contributed by atoms with van der Waals surface area (Å²) >= 11 is 12.8. The van der Waals surface area contributed by atoms with E-state index in [1.165, 1.54) is 37.3 Å². The Morgan fingerprint density at radius 1 is 0.878 bits per heavy atom. The first-order valence-corrected chi connectivity index (χ1v) is 18.2. The van der Waals surface area contributed by atoms with Crippen molar-refractivity contribution in [3.05, 3.63) is 118 Å². The topological polar surface area (TPSA) is 105 Å². The number of rotatable bonds is 14. The second-order valence-corrected chi connectivity index (χ2v) is 14.5. The van der Waals surface area contributed by atoms with Crippen LogP contribution in [0.15, 0.2) is 102 Å². The first kappa shape index (κ1) is 36.0. The van der Waals surface area contributed by atoms with Gasteiger partial charge in [-0.3, -0.25) is 13.9 Å². The van der Waals surface area contributed by atoms with E-state index < -0.39 is 28.5 Å². The average molecular weight is 725 g/mol. The minimum Gasteiger partial charge on any atom is -0.497 e. The number of nitrogens with zero attached hydrogens (tertiary/aromatic N) is 2. The van der Waals surface area contributed by atoms with Gasteiger partial charge in [0.1, 0.15) is 24.1 Å². The minimum absolute atomic E-state index is 0.0159. The van der Waals surface area contributed by atoms with Crippen LogP contribution in [-0.2, 0) is 32.6 Å². The van der Waals surface area contributed by atoms with Crippen LogP contribution < -0.4 is 19.1 Å². The molecule has 0 aromatic heterocycles. The molecule has 1 aliphatic rings. The third-order valence-corrected chi connectivity index (χ3v) is 11.0. The van der Waals surface area contributed by atoms with Crippen LogP contribution in [0.5, 0.6) is 11.5 Å². The lowest BCUT2D eigenvalue weighted by Gasteiger charge is -2.34. The summed E-state index contributed by atoms with van der Waals surface area (Å²) in [5, 5.41) is 3.89. The van der Waals surface area contributed by atoms with E-state index in [2.05, 4.69) is 5.32 Å². The predicted molar refractivity (Wildman–Crippen MR) is 192 cm³/mol. The van der Waals surface area contributed by atoms with E-state index in [4.69, 9.17) is 32.7 Å². The van der Waals surface area contributed by atoms with Gasteiger partial charge in [0, 0.05) is 35.1 Å². The molecule has 1 aliphatic carbocycles. The lowest BCUT2D eigenvalue weighted by molar-refractivity contribution is -0.140. The molecule has 0 heterocycles. The van der Waals surface area contributed by atoms with Gasteiger partial charge in [0.05, 0.1) is 24.8 Å². The first-order valence-electron chi connectivity index (χ1n) is 16.0. The van der Waals surface area contributed by atoms with Gasteiger partial charge in [0.15, 0.2) is 0 Å². The monoisotopic (exact) mass is 723 g/mol. The number of methoxy groups -OCH3 is 2. The molecule has 2 amide bonds. The number of carbonyl (C=O) groups excluding carboxylic acids is 2. The van der Waals surface area contributed by atoms with Crippen molar-refractivity contribution in [2.24, 2.45) is 0 Å². The smallest absolute Gasteiger partial charge is 0.264 e. The van der Waals surface area contributed by atoms with E-state index in [0.717, 1.165) is 35.6 Å². The van der Waals surface area contributed by atoms with Crippen molar-refractivity contribution >= 4 is 50.7 Å². The molecule has 0 saturated heterocycles. The standard InChI is InChI=1S/C37H39Cl2N3O6S/c1-47-30-19-20-35(48-2)33(23-30)42(49(45,46)31-15-7-4-8-16-31)25-36(43)41(24-27-17-18-28(38)22-32(27)39)34(21-26-11-5-3-6-12-26)37(44)40-29-13-9-10-14-29/h3-8,11-12,15-20,22-23,29,34H,9-10,13-14,21,24-25H2,1-2H3,(H,40,44). The van der Waals surface area contributed by atoms with E-state index in [1.54, 1.807) is 48.5 Å². The van der Waals surface area contributed by atoms with Crippen molar-refractivity contribution in [1.82, 2.24) is 10.2 Å². The van der Waals surface area contributed by atoms with Gasteiger partial charge in [-0.25, -0.2) is 8.42 Å². The number of hydrogen-bond acceptors (Lipinski definition) is 6. The number of ether oxygens (including phenoxy) is 2. The SMILES string of the molecule is COc1ccc(OC)c(N(CC(=O)N(Cc2ccc(Cl)cc2Cl)C(Cc2ccccc2)C(=O)NC2CCCC2)S(=O)(=O)c2ccccc2)c1. The van der Waals surface area contributed by atoms with Gasteiger partial charge in [-0.1, -0.05) is 90.6 Å². The molecule has 1 saturated carbocycles. The zero-order chi connectivity index (χ0) is 35.0. The summed E-state index contributed by atoms with van der Waals surface area (Å²) in [4.78, 5) is 30.4. The summed E-state index contributed by atoms with van der Waals surface area (Å²) in [7, 11) is -1.47. The number of amides is 2. The highest BCUT2D eigenvalue weighted by Gasteiger charge is 2.36. The van der Waals surface area contributed by atoms with Crippen molar-refractivity contribution in [2.75, 3.05) is 25.1 Å². The number of benzene rings is 4. The van der Waals surface area contributed by atoms with Gasteiger partial charge in [0.2, 0.25) is 11.8 Å². The third-order valence-electron chi connectivity index (χ3n) is 8.59. The van der Waals surface area contributed by atoms with Gasteiger partial charge >= 0.3 is 0 Å². The number of hydrogen-bond donors (Lipinski definition) is 1. The van der Waals surface area contributed by atoms with Crippen molar-refractivity contribution in [3.8, 4) is 11.5 Å². The summed E-state index contributed by atoms with van der Waals surface area (Å²) in [5.41, 5.74) is 1.47. The second-order valence-electron chi connectivity index (χ2n) is 11.8. The van der Waals surface area contributed by atoms with Crippen LogP contribution in [0.3, 0.4) is 0 Å². The maximum atomic E-state index is 14.8. The van der Waals surface area contributed by atoms with Gasteiger partial charge in [-0.2, -0.15) is 0 Å². The van der Waals surface area contributed by atoms with Crippen molar-refractivity contribution in [2.45, 2.75) is 55.6 Å². The molecule has 0 radical (unpaired) electrons. The Morgan fingerprint density at radius 3 is 2.18 bits per heavy atom. The summed E-state index contributed by atoms with van der Waals surface area (Å²) in [5.74, 6) is -0.386. The largest absolute Gasteiger partial charge is 0.497 e. The van der Waals surface area contributed by atoms with Crippen LogP contribution in [0, 0.1) is 0 Å². The van der Waals surface area contributed by atoms with Crippen LogP contribution in [0.4, 0.5) is 5.69 Å². The molecule has 1 fully saturated rings. The van der Waals surface area contributed by atoms with Gasteiger partial charge in [-0.15, -0.1) is 0 Å². The lowest BCUT2D eigenvalue weighted by atomic mass is 10.0. The lowest BCUT2D eigenvalue weighted by Crippen LogP contribution is -2.54. The van der Waals surface area contributed by atoms with E-state index in [1.807, 2.05) is 30.3 Å². The van der Waals surface area contributed by atoms with E-state index in [0.29, 0.717) is 21.4 Å². The quantitative estimate of drug-likeness (QED) is 0.152. The first-order chi connectivity index (χ1) is 23.6. The fourth-order valence-electron chi connectivity index (χ4n) is 5.98. The molecular weight excluding hydrogens is 685 g/mol. The summed E-state index contributed by atoms with van der Waals surface area (Å²) in [6.45, 7) is -0.743. The highest BCUT2D eigenvalue weighted by molar-refractivity contribution is 7.92. The number of carbonyl (C=O) groups is 2. The normalized spacial score (nSPS) is 13.8. The molecule has 9 nitrogen and oxygen atoms in total. The van der Waals surface area contributed by atoms with Crippen molar-refractivity contribution in [1.29, 1.82) is 0 Å². The molecule has 258 valence electrons. The van der Waals surface area contributed by atoms with Crippen molar-refractivity contribution in [3.63, 3.8) is 0 Å². The molecule has 0 bridgehead atoms. The van der Waals surface area contributed by atoms with Crippen LogP contribution in [0.1, 0.15) is 36.8 Å². The molecule has 4 aromatic carbocycles. The fraction of sp³-hybridized carbons (Fsp3) is 0.297. The number of halogens is 2. The van der Waals surface area contributed by atoms with Gasteiger partial charge in [-0.05, 0) is 60.4 Å². The molecule has 1 atom stereocenters. The second kappa shape index (κ2) is 16.4. The number of nitrogens with one attached hydrogen (secondary N) is 1. The van der Waals surface area contributed by atoms with Gasteiger partial charge in [0.25, 0.3) is 10.0 Å². The van der Waals surface area contributed by atoms with Crippen LogP contribution in [-0.4, -0.2) is 58.0 Å². The maximum absolute atomic E-state index is 14.8. The molecule has 5 rings (SSSR count). The zero-order valence-electron chi connectivity index (χ0n) is 27.4. The Labute approximate surface area is 297 Å². The number of anilines is 1. The Morgan fingerprint density at radius 2 is 1.55 bits per heavy atom. The summed E-state index contributed by atoms with van der Waals surface area (Å²) in [6.07, 6.45) is 3.89. The third kappa shape index (κ3) is 8.86. The molecule has 0 spiro atoms. The fourth-order valence-corrected chi connectivity index (χ4v) is 7.89. The maximum Gasteiger partial charge on any atom is 0.264 e. The molecular formula is C37H39Cl2N3O6S. The average Bonchev–Trinajstić information content (AvgIpc) is 3.63. The number of sulfonamides is 1. The van der Waals surface area contributed by atoms with Crippen LogP contribution in [0.25, 0.3) is 0 Å². The highest BCUT2D eigenvalue weighted by Crippen LogP contribution is 2.36. The molecule has 49 heavy (non-hydrogen) atoms. The minimum atomic E-state index is -4.34. The summed E-state index contributed by atoms with van der Waals surface area (Å²) in [6, 6.07) is 25.8.